The third-order valence-corrected chi connectivity index (χ3v) is 3.04. The average Bonchev–Trinajstić information content (AvgIpc) is 3.08. The monoisotopic (exact) mass is 249 g/mol. The van der Waals surface area contributed by atoms with Crippen LogP contribution in [0.2, 0.25) is 0 Å². The van der Waals surface area contributed by atoms with E-state index in [1.54, 1.807) is 6.07 Å². The fourth-order valence-electron chi connectivity index (χ4n) is 2.05. The molecule has 1 aliphatic heterocycles. The molecule has 0 amide bonds. The molecule has 2 aromatic rings. The molecule has 3 rings (SSSR count). The summed E-state index contributed by atoms with van der Waals surface area (Å²) in [5, 5.41) is 3.99. The number of ether oxygens (including phenoxy) is 1. The Morgan fingerprint density at radius 2 is 2.33 bits per heavy atom. The van der Waals surface area contributed by atoms with Crippen molar-refractivity contribution in [1.82, 2.24) is 10.1 Å². The van der Waals surface area contributed by atoms with Gasteiger partial charge in [0.2, 0.25) is 0 Å². The van der Waals surface area contributed by atoms with Crippen LogP contribution in [-0.4, -0.2) is 23.4 Å². The van der Waals surface area contributed by atoms with Gasteiger partial charge < -0.3 is 19.4 Å². The molecular weight excluding hydrogens is 234 g/mol. The van der Waals surface area contributed by atoms with Gasteiger partial charge in [-0.15, -0.1) is 0 Å². The lowest BCUT2D eigenvalue weighted by Crippen LogP contribution is -2.16. The minimum absolute atomic E-state index is 0.222. The summed E-state index contributed by atoms with van der Waals surface area (Å²) in [6, 6.07) is 3.60. The molecule has 0 spiro atoms. The lowest BCUT2D eigenvalue weighted by atomic mass is 10.0. The van der Waals surface area contributed by atoms with Gasteiger partial charge in [-0.25, -0.2) is 0 Å². The Kier molecular flexibility index (Phi) is 3.12. The summed E-state index contributed by atoms with van der Waals surface area (Å²) in [6.07, 6.45) is 2.07. The molecule has 18 heavy (non-hydrogen) atoms. The van der Waals surface area contributed by atoms with Crippen molar-refractivity contribution in [2.75, 3.05) is 13.2 Å². The molecule has 0 bridgehead atoms. The third kappa shape index (κ3) is 2.16. The minimum Gasteiger partial charge on any atom is -0.455 e. The van der Waals surface area contributed by atoms with Crippen molar-refractivity contribution in [3.63, 3.8) is 0 Å². The van der Waals surface area contributed by atoms with Gasteiger partial charge >= 0.3 is 0 Å². The standard InChI is InChI=1S/C12H15N3O3/c13-6-9-3-4-10(17-9)12-14-11(15-18-12)8-2-1-5-16-7-8/h3-4,8H,1-2,5-7,13H2. The van der Waals surface area contributed by atoms with Crippen molar-refractivity contribution in [3.05, 3.63) is 23.7 Å². The van der Waals surface area contributed by atoms with Gasteiger partial charge in [0.25, 0.3) is 5.89 Å². The first kappa shape index (κ1) is 11.4. The van der Waals surface area contributed by atoms with Crippen LogP contribution in [0.25, 0.3) is 11.7 Å². The molecule has 0 aromatic carbocycles. The Morgan fingerprint density at radius 1 is 1.39 bits per heavy atom. The zero-order chi connectivity index (χ0) is 12.4. The molecule has 1 atom stereocenters. The summed E-state index contributed by atoms with van der Waals surface area (Å²) in [4.78, 5) is 4.36. The van der Waals surface area contributed by atoms with E-state index in [-0.39, 0.29) is 5.92 Å². The highest BCUT2D eigenvalue weighted by Crippen LogP contribution is 2.26. The van der Waals surface area contributed by atoms with Crippen molar-refractivity contribution >= 4 is 0 Å². The first-order chi connectivity index (χ1) is 8.86. The number of nitrogens with zero attached hydrogens (tertiary/aromatic N) is 2. The molecule has 0 radical (unpaired) electrons. The lowest BCUT2D eigenvalue weighted by molar-refractivity contribution is 0.0773. The van der Waals surface area contributed by atoms with E-state index in [1.165, 1.54) is 0 Å². The number of rotatable bonds is 3. The molecule has 1 saturated heterocycles. The van der Waals surface area contributed by atoms with Crippen molar-refractivity contribution in [3.8, 4) is 11.7 Å². The first-order valence-corrected chi connectivity index (χ1v) is 6.07. The molecule has 2 N–H and O–H groups in total. The number of hydrogen-bond acceptors (Lipinski definition) is 6. The zero-order valence-corrected chi connectivity index (χ0v) is 9.96. The predicted molar refractivity (Wildman–Crippen MR) is 62.7 cm³/mol. The quantitative estimate of drug-likeness (QED) is 0.890. The summed E-state index contributed by atoms with van der Waals surface area (Å²) in [5.74, 6) is 2.57. The molecule has 1 fully saturated rings. The van der Waals surface area contributed by atoms with Gasteiger partial charge in [0.15, 0.2) is 11.6 Å². The van der Waals surface area contributed by atoms with Gasteiger partial charge in [0.1, 0.15) is 5.76 Å². The van der Waals surface area contributed by atoms with Crippen LogP contribution in [0, 0.1) is 0 Å². The summed E-state index contributed by atoms with van der Waals surface area (Å²) in [7, 11) is 0. The van der Waals surface area contributed by atoms with Gasteiger partial charge in [-0.2, -0.15) is 4.98 Å². The van der Waals surface area contributed by atoms with E-state index in [4.69, 9.17) is 19.4 Å². The van der Waals surface area contributed by atoms with Gasteiger partial charge in [-0.05, 0) is 25.0 Å². The third-order valence-electron chi connectivity index (χ3n) is 3.04. The van der Waals surface area contributed by atoms with Gasteiger partial charge in [-0.1, -0.05) is 5.16 Å². The first-order valence-electron chi connectivity index (χ1n) is 6.07. The second-order valence-electron chi connectivity index (χ2n) is 4.34. The van der Waals surface area contributed by atoms with E-state index in [0.29, 0.717) is 36.4 Å². The summed E-state index contributed by atoms with van der Waals surface area (Å²) < 4.78 is 16.1. The van der Waals surface area contributed by atoms with E-state index >= 15 is 0 Å². The van der Waals surface area contributed by atoms with E-state index in [1.807, 2.05) is 6.07 Å². The van der Waals surface area contributed by atoms with Gasteiger partial charge in [0, 0.05) is 12.5 Å². The highest BCUT2D eigenvalue weighted by atomic mass is 16.5. The summed E-state index contributed by atoms with van der Waals surface area (Å²) in [5.41, 5.74) is 5.49. The molecule has 3 heterocycles. The molecule has 0 aliphatic carbocycles. The van der Waals surface area contributed by atoms with Crippen molar-refractivity contribution < 1.29 is 13.7 Å². The second-order valence-corrected chi connectivity index (χ2v) is 4.34. The van der Waals surface area contributed by atoms with Crippen LogP contribution < -0.4 is 5.73 Å². The summed E-state index contributed by atoms with van der Waals surface area (Å²) in [6.45, 7) is 1.84. The van der Waals surface area contributed by atoms with Crippen LogP contribution in [0.1, 0.15) is 30.3 Å². The molecule has 6 nitrogen and oxygen atoms in total. The Bertz CT molecular complexity index is 514. The maximum atomic E-state index is 5.49. The van der Waals surface area contributed by atoms with E-state index in [2.05, 4.69) is 10.1 Å². The Balaban J connectivity index is 1.79. The summed E-state index contributed by atoms with van der Waals surface area (Å²) >= 11 is 0. The maximum Gasteiger partial charge on any atom is 0.293 e. The van der Waals surface area contributed by atoms with Crippen LogP contribution in [0.4, 0.5) is 0 Å². The highest BCUT2D eigenvalue weighted by molar-refractivity contribution is 5.44. The molecule has 1 aliphatic rings. The number of aromatic nitrogens is 2. The van der Waals surface area contributed by atoms with Crippen LogP contribution in [0.15, 0.2) is 21.1 Å². The Labute approximate surface area is 104 Å². The fraction of sp³-hybridized carbons (Fsp3) is 0.500. The lowest BCUT2D eigenvalue weighted by Gasteiger charge is -2.18. The van der Waals surface area contributed by atoms with Gasteiger partial charge in [-0.3, -0.25) is 0 Å². The van der Waals surface area contributed by atoms with E-state index in [0.717, 1.165) is 19.4 Å². The molecule has 96 valence electrons. The normalized spacial score (nSPS) is 20.2. The maximum absolute atomic E-state index is 5.49. The second kappa shape index (κ2) is 4.91. The van der Waals surface area contributed by atoms with Crippen LogP contribution in [0.5, 0.6) is 0 Å². The molecular formula is C12H15N3O3. The average molecular weight is 249 g/mol. The number of nitrogens with two attached hydrogens (primary N) is 1. The Hall–Kier alpha value is -1.66. The predicted octanol–water partition coefficient (Wildman–Crippen LogP) is 1.68. The number of furan rings is 1. The minimum atomic E-state index is 0.222. The van der Waals surface area contributed by atoms with Crippen LogP contribution >= 0.6 is 0 Å². The Morgan fingerprint density at radius 3 is 3.06 bits per heavy atom. The fourth-order valence-corrected chi connectivity index (χ4v) is 2.05. The topological polar surface area (TPSA) is 87.3 Å². The molecule has 0 saturated carbocycles. The SMILES string of the molecule is NCc1ccc(-c2nc(C3CCCOC3)no2)o1. The molecule has 2 aromatic heterocycles. The molecule has 6 heteroatoms. The highest BCUT2D eigenvalue weighted by Gasteiger charge is 2.22. The van der Waals surface area contributed by atoms with Gasteiger partial charge in [0.05, 0.1) is 13.2 Å². The van der Waals surface area contributed by atoms with Crippen molar-refractivity contribution in [2.45, 2.75) is 25.3 Å². The van der Waals surface area contributed by atoms with E-state index < -0.39 is 0 Å². The largest absolute Gasteiger partial charge is 0.455 e. The smallest absolute Gasteiger partial charge is 0.293 e. The van der Waals surface area contributed by atoms with Crippen LogP contribution in [0.3, 0.4) is 0 Å². The zero-order valence-electron chi connectivity index (χ0n) is 9.96. The van der Waals surface area contributed by atoms with Crippen molar-refractivity contribution in [1.29, 1.82) is 0 Å². The molecule has 1 unspecified atom stereocenters. The van der Waals surface area contributed by atoms with Crippen LogP contribution in [-0.2, 0) is 11.3 Å². The van der Waals surface area contributed by atoms with E-state index in [9.17, 15) is 0 Å². The van der Waals surface area contributed by atoms with Crippen molar-refractivity contribution in [2.24, 2.45) is 5.73 Å². The number of hydrogen-bond donors (Lipinski definition) is 1.